The van der Waals surface area contributed by atoms with Crippen LogP contribution in [0.25, 0.3) is 17.4 Å². The average Bonchev–Trinajstić information content (AvgIpc) is 3.06. The Balaban J connectivity index is 1.89. The van der Waals surface area contributed by atoms with Gasteiger partial charge < -0.3 is 9.73 Å². The second kappa shape index (κ2) is 5.65. The van der Waals surface area contributed by atoms with Crippen molar-refractivity contribution in [3.05, 3.63) is 57.5 Å². The van der Waals surface area contributed by atoms with E-state index in [2.05, 4.69) is 10.6 Å². The average molecular weight is 329 g/mol. The number of thiocarbonyl (C=S) groups is 1. The molecular formula is C15H11N3O4S. The molecule has 23 heavy (non-hydrogen) atoms. The Morgan fingerprint density at radius 3 is 2.65 bits per heavy atom. The van der Waals surface area contributed by atoms with Gasteiger partial charge in [0.25, 0.3) is 11.6 Å². The van der Waals surface area contributed by atoms with E-state index in [-0.39, 0.29) is 16.7 Å². The van der Waals surface area contributed by atoms with Crippen molar-refractivity contribution in [2.24, 2.45) is 0 Å². The molecule has 1 saturated heterocycles. The lowest BCUT2D eigenvalue weighted by Gasteiger charge is -2.00. The zero-order valence-corrected chi connectivity index (χ0v) is 12.8. The molecule has 2 aromatic rings. The topological polar surface area (TPSA) is 97.4 Å². The van der Waals surface area contributed by atoms with Crippen molar-refractivity contribution in [3.8, 4) is 11.3 Å². The number of nitro groups is 1. The zero-order chi connectivity index (χ0) is 16.6. The molecule has 0 aliphatic carbocycles. The molecule has 2 heterocycles. The van der Waals surface area contributed by atoms with E-state index in [1.54, 1.807) is 31.2 Å². The second-order valence-corrected chi connectivity index (χ2v) is 5.33. The summed E-state index contributed by atoms with van der Waals surface area (Å²) >= 11 is 4.85. The number of amides is 1. The number of nitro benzene ring substituents is 1. The van der Waals surface area contributed by atoms with Gasteiger partial charge in [0.05, 0.1) is 4.92 Å². The molecule has 1 aliphatic rings. The van der Waals surface area contributed by atoms with E-state index in [1.807, 2.05) is 0 Å². The summed E-state index contributed by atoms with van der Waals surface area (Å²) < 4.78 is 5.66. The molecule has 0 saturated carbocycles. The maximum absolute atomic E-state index is 11.6. The van der Waals surface area contributed by atoms with E-state index in [0.29, 0.717) is 22.8 Å². The molecule has 1 aromatic carbocycles. The van der Waals surface area contributed by atoms with Crippen LogP contribution < -0.4 is 10.6 Å². The summed E-state index contributed by atoms with van der Waals surface area (Å²) in [6, 6.07) is 8.18. The smallest absolute Gasteiger partial charge is 0.274 e. The van der Waals surface area contributed by atoms with Crippen LogP contribution in [0.5, 0.6) is 0 Å². The van der Waals surface area contributed by atoms with Crippen LogP contribution >= 0.6 is 12.2 Å². The molecule has 0 radical (unpaired) electrons. The fourth-order valence-electron chi connectivity index (χ4n) is 2.22. The van der Waals surface area contributed by atoms with Crippen molar-refractivity contribution in [1.29, 1.82) is 0 Å². The van der Waals surface area contributed by atoms with Crippen LogP contribution in [0.2, 0.25) is 0 Å². The van der Waals surface area contributed by atoms with Crippen LogP contribution in [0.3, 0.4) is 0 Å². The van der Waals surface area contributed by atoms with Crippen molar-refractivity contribution >= 4 is 35.0 Å². The van der Waals surface area contributed by atoms with Gasteiger partial charge in [0.2, 0.25) is 0 Å². The Labute approximate surface area is 136 Å². The lowest BCUT2D eigenvalue weighted by atomic mass is 10.1. The lowest BCUT2D eigenvalue weighted by molar-refractivity contribution is -0.385. The molecular weight excluding hydrogens is 318 g/mol. The first-order valence-electron chi connectivity index (χ1n) is 6.63. The highest BCUT2D eigenvalue weighted by molar-refractivity contribution is 7.80. The predicted octanol–water partition coefficient (Wildman–Crippen LogP) is 2.51. The molecule has 0 atom stereocenters. The minimum atomic E-state index is -0.426. The first-order chi connectivity index (χ1) is 10.9. The highest BCUT2D eigenvalue weighted by atomic mass is 32.1. The van der Waals surface area contributed by atoms with E-state index in [4.69, 9.17) is 16.6 Å². The number of furan rings is 1. The molecule has 1 amide bonds. The van der Waals surface area contributed by atoms with Crippen molar-refractivity contribution in [3.63, 3.8) is 0 Å². The van der Waals surface area contributed by atoms with Crippen LogP contribution in [0, 0.1) is 17.0 Å². The Kier molecular flexibility index (Phi) is 3.67. The van der Waals surface area contributed by atoms with Crippen molar-refractivity contribution in [1.82, 2.24) is 10.6 Å². The van der Waals surface area contributed by atoms with Gasteiger partial charge in [-0.2, -0.15) is 0 Å². The van der Waals surface area contributed by atoms with Crippen molar-refractivity contribution in [2.45, 2.75) is 6.92 Å². The SMILES string of the molecule is Cc1cc(-c2ccc(C=C3NC(=S)NC3=O)o2)ccc1[N+](=O)[O-]. The van der Waals surface area contributed by atoms with Gasteiger partial charge in [-0.25, -0.2) is 0 Å². The minimum Gasteiger partial charge on any atom is -0.457 e. The van der Waals surface area contributed by atoms with Gasteiger partial charge in [0.15, 0.2) is 5.11 Å². The summed E-state index contributed by atoms with van der Waals surface area (Å²) in [4.78, 5) is 22.0. The first-order valence-corrected chi connectivity index (χ1v) is 7.04. The summed E-state index contributed by atoms with van der Waals surface area (Å²) in [5.74, 6) is 0.702. The molecule has 116 valence electrons. The lowest BCUT2D eigenvalue weighted by Crippen LogP contribution is -2.21. The molecule has 1 fully saturated rings. The quantitative estimate of drug-likeness (QED) is 0.389. The Hall–Kier alpha value is -3.00. The van der Waals surface area contributed by atoms with Crippen molar-refractivity contribution in [2.75, 3.05) is 0 Å². The van der Waals surface area contributed by atoms with Gasteiger partial charge >= 0.3 is 0 Å². The molecule has 0 bridgehead atoms. The molecule has 1 aromatic heterocycles. The molecule has 0 unspecified atom stereocenters. The molecule has 8 heteroatoms. The predicted molar refractivity (Wildman–Crippen MR) is 87.4 cm³/mol. The number of hydrogen-bond acceptors (Lipinski definition) is 5. The Bertz CT molecular complexity index is 869. The van der Waals surface area contributed by atoms with Crippen LogP contribution in [0.1, 0.15) is 11.3 Å². The van der Waals surface area contributed by atoms with Gasteiger partial charge in [-0.05, 0) is 43.4 Å². The summed E-state index contributed by atoms with van der Waals surface area (Å²) in [7, 11) is 0. The van der Waals surface area contributed by atoms with Gasteiger partial charge in [-0.15, -0.1) is 0 Å². The maximum Gasteiger partial charge on any atom is 0.274 e. The Morgan fingerprint density at radius 2 is 2.04 bits per heavy atom. The highest BCUT2D eigenvalue weighted by Crippen LogP contribution is 2.28. The van der Waals surface area contributed by atoms with Crippen LogP contribution in [-0.4, -0.2) is 15.9 Å². The van der Waals surface area contributed by atoms with Crippen molar-refractivity contribution < 1.29 is 14.1 Å². The third-order valence-corrected chi connectivity index (χ3v) is 3.52. The molecule has 3 rings (SSSR count). The van der Waals surface area contributed by atoms with E-state index >= 15 is 0 Å². The van der Waals surface area contributed by atoms with Gasteiger partial charge in [0, 0.05) is 23.3 Å². The number of nitrogens with one attached hydrogen (secondary N) is 2. The third kappa shape index (κ3) is 2.97. The summed E-state index contributed by atoms with van der Waals surface area (Å²) in [6.07, 6.45) is 1.54. The summed E-state index contributed by atoms with van der Waals surface area (Å²) in [5.41, 5.74) is 1.63. The largest absolute Gasteiger partial charge is 0.457 e. The number of carbonyl (C=O) groups is 1. The number of benzene rings is 1. The molecule has 2 N–H and O–H groups in total. The number of aryl methyl sites for hydroxylation is 1. The fourth-order valence-corrected chi connectivity index (χ4v) is 2.43. The fraction of sp³-hybridized carbons (Fsp3) is 0.0667. The standard InChI is InChI=1S/C15H11N3O4S/c1-8-6-9(2-4-12(8)18(20)21)13-5-3-10(22-13)7-11-14(19)17-15(23)16-11/h2-7H,1H3,(H2,16,17,19,23). The number of rotatable bonds is 3. The van der Waals surface area contributed by atoms with E-state index in [0.717, 1.165) is 5.56 Å². The normalized spacial score (nSPS) is 15.6. The monoisotopic (exact) mass is 329 g/mol. The van der Waals surface area contributed by atoms with Crippen LogP contribution in [0.15, 0.2) is 40.4 Å². The second-order valence-electron chi connectivity index (χ2n) is 4.93. The number of nitrogens with zero attached hydrogens (tertiary/aromatic N) is 1. The minimum absolute atomic E-state index is 0.0583. The van der Waals surface area contributed by atoms with E-state index in [9.17, 15) is 14.9 Å². The van der Waals surface area contributed by atoms with Crippen LogP contribution in [-0.2, 0) is 4.79 Å². The summed E-state index contributed by atoms with van der Waals surface area (Å²) in [6.45, 7) is 1.67. The number of hydrogen-bond donors (Lipinski definition) is 2. The van der Waals surface area contributed by atoms with E-state index in [1.165, 1.54) is 12.1 Å². The third-order valence-electron chi connectivity index (χ3n) is 3.31. The number of carbonyl (C=O) groups excluding carboxylic acids is 1. The van der Waals surface area contributed by atoms with Gasteiger partial charge in [0.1, 0.15) is 17.2 Å². The zero-order valence-electron chi connectivity index (χ0n) is 12.0. The van der Waals surface area contributed by atoms with Gasteiger partial charge in [-0.1, -0.05) is 0 Å². The molecule has 1 aliphatic heterocycles. The molecule has 7 nitrogen and oxygen atoms in total. The highest BCUT2D eigenvalue weighted by Gasteiger charge is 2.20. The first kappa shape index (κ1) is 14.9. The molecule has 0 spiro atoms. The Morgan fingerprint density at radius 1 is 1.26 bits per heavy atom. The van der Waals surface area contributed by atoms with E-state index < -0.39 is 4.92 Å². The maximum atomic E-state index is 11.6. The van der Waals surface area contributed by atoms with Crippen LogP contribution in [0.4, 0.5) is 5.69 Å². The summed E-state index contributed by atoms with van der Waals surface area (Å²) in [5, 5.41) is 16.3. The van der Waals surface area contributed by atoms with Gasteiger partial charge in [-0.3, -0.25) is 20.2 Å².